The van der Waals surface area contributed by atoms with Crippen LogP contribution in [-0.2, 0) is 0 Å². The predicted molar refractivity (Wildman–Crippen MR) is 574 cm³/mol. The minimum absolute atomic E-state index is 0.823. The molecular weight excluding hydrogens is 1590 g/mol. The molecule has 0 saturated heterocycles. The summed E-state index contributed by atoms with van der Waals surface area (Å²) in [5.41, 5.74) is 17.8. The van der Waals surface area contributed by atoms with Crippen molar-refractivity contribution >= 4 is 109 Å². The van der Waals surface area contributed by atoms with Crippen LogP contribution in [0.15, 0.2) is 353 Å². The van der Waals surface area contributed by atoms with Crippen molar-refractivity contribution in [2.45, 2.75) is 208 Å². The van der Waals surface area contributed by atoms with Crippen LogP contribution in [0, 0.1) is 69.2 Å². The van der Waals surface area contributed by atoms with Crippen molar-refractivity contribution in [3.05, 3.63) is 410 Å². The molecule has 0 fully saturated rings. The second-order valence-corrected chi connectivity index (χ2v) is 26.5. The van der Waals surface area contributed by atoms with E-state index in [0.717, 1.165) is 72.6 Å². The fourth-order valence-corrected chi connectivity index (χ4v) is 11.7. The van der Waals surface area contributed by atoms with Gasteiger partial charge in [-0.15, -0.1) is 0 Å². The zero-order valence-corrected chi connectivity index (χ0v) is 83.9. The maximum absolute atomic E-state index is 4.38. The Bertz CT molecular complexity index is 5250. The van der Waals surface area contributed by atoms with E-state index in [1.165, 1.54) is 92.5 Å². The van der Waals surface area contributed by atoms with Gasteiger partial charge in [0, 0.05) is 134 Å². The zero-order valence-electron chi connectivity index (χ0n) is 83.9. The average Bonchev–Trinajstić information content (AvgIpc) is 0.834. The number of pyridine rings is 8. The quantitative estimate of drug-likeness (QED) is 0.142. The van der Waals surface area contributed by atoms with Crippen molar-refractivity contribution in [1.82, 2.24) is 59.8 Å². The monoisotopic (exact) mass is 1730 g/mol. The minimum atomic E-state index is 0.823. The van der Waals surface area contributed by atoms with E-state index in [2.05, 4.69) is 228 Å². The van der Waals surface area contributed by atoms with Gasteiger partial charge in [-0.2, -0.15) is 0 Å². The van der Waals surface area contributed by atoms with E-state index in [-0.39, 0.29) is 0 Å². The number of benzene rings is 10. The Morgan fingerprint density at radius 3 is 1.15 bits per heavy atom. The van der Waals surface area contributed by atoms with Crippen molar-refractivity contribution < 1.29 is 0 Å². The highest BCUT2D eigenvalue weighted by atomic mass is 14.9. The Morgan fingerprint density at radius 1 is 0.162 bits per heavy atom. The van der Waals surface area contributed by atoms with Crippen LogP contribution in [-0.4, -0.2) is 59.8 Å². The lowest BCUT2D eigenvalue weighted by Gasteiger charge is -1.97. The molecule has 0 spiro atoms. The second-order valence-electron chi connectivity index (χ2n) is 26.5. The molecule has 0 N–H and O–H groups in total. The largest absolute Gasteiger partial charge is 0.264 e. The first-order valence-corrected chi connectivity index (χ1v) is 46.5. The molecule has 0 aliphatic carbocycles. The summed E-state index contributed by atoms with van der Waals surface area (Å²) in [6.07, 6.45) is 20.3. The molecule has 0 bridgehead atoms. The van der Waals surface area contributed by atoms with E-state index in [1.807, 2.05) is 387 Å². The number of hydrogen-bond acceptors (Lipinski definition) is 12. The Labute approximate surface area is 780 Å². The van der Waals surface area contributed by atoms with E-state index in [4.69, 9.17) is 0 Å². The number of para-hydroxylation sites is 5. The van der Waals surface area contributed by atoms with E-state index < -0.39 is 0 Å². The van der Waals surface area contributed by atoms with Crippen LogP contribution in [0.25, 0.3) is 109 Å². The third-order valence-corrected chi connectivity index (χ3v) is 17.4. The number of rotatable bonds is 0. The molecule has 10 aromatic carbocycles. The lowest BCUT2D eigenvalue weighted by atomic mass is 10.1. The normalized spacial score (nSPS) is 9.15. The first-order chi connectivity index (χ1) is 63.6. The van der Waals surface area contributed by atoms with E-state index in [0.29, 0.717) is 0 Å². The molecule has 0 aliphatic heterocycles. The van der Waals surface area contributed by atoms with Crippen molar-refractivity contribution in [1.29, 1.82) is 0 Å². The van der Waals surface area contributed by atoms with Crippen LogP contribution in [0.4, 0.5) is 0 Å². The Balaban J connectivity index is 0.000000706. The lowest BCUT2D eigenvalue weighted by molar-refractivity contribution is 1.09. The molecule has 680 valence electrons. The molecule has 0 saturated carbocycles. The smallest absolute Gasteiger partial charge is 0.125 e. The molecule has 0 aliphatic rings. The van der Waals surface area contributed by atoms with Gasteiger partial charge in [-0.1, -0.05) is 337 Å². The van der Waals surface area contributed by atoms with Gasteiger partial charge in [-0.25, -0.2) is 15.0 Å². The second kappa shape index (κ2) is 70.3. The van der Waals surface area contributed by atoms with Gasteiger partial charge in [0.1, 0.15) is 5.82 Å². The number of nitrogens with zero attached hydrogens (tertiary/aromatic N) is 12. The molecule has 10 aromatic heterocycles. The standard InChI is InChI=1S/8C10H9N.2C9H8N2.10C2H6/c1-8-2-3-10-7-11-5-4-9(10)6-8;1-8-2-3-9-4-5-11-7-10(9)6-8;1-8-4-5-10-9(7-8)3-2-6-11-10;1-8-4-5-9-3-2-6-11-10(9)7-8;1-8-6-9-4-2-3-5-10(9)7-11-8;1-8-6-9-4-2-3-5-10(9)11-7-8;1-8-10-5-3-2-4-9(10)6-7-11-8;1-8-6-7-9-4-2-3-5-10(9)11-8;1-7-10-6-8-4-2-3-5-9(8)11-7;1-7-6-10-8-4-2-3-5-9(8)11-7;10*1-2/h8*2-7H,1H3;2*2-6H,1H3;10*1-2H3. The molecule has 20 rings (SSSR count). The summed E-state index contributed by atoms with van der Waals surface area (Å²) in [4.78, 5) is 50.5. The van der Waals surface area contributed by atoms with E-state index in [1.54, 1.807) is 6.20 Å². The summed E-state index contributed by atoms with van der Waals surface area (Å²) >= 11 is 0. The number of hydrogen-bond donors (Lipinski definition) is 0. The first-order valence-electron chi connectivity index (χ1n) is 46.5. The van der Waals surface area contributed by atoms with Gasteiger partial charge in [0.2, 0.25) is 0 Å². The molecule has 12 nitrogen and oxygen atoms in total. The van der Waals surface area contributed by atoms with Gasteiger partial charge >= 0.3 is 0 Å². The third-order valence-electron chi connectivity index (χ3n) is 17.4. The molecule has 20 aromatic rings. The fourth-order valence-electron chi connectivity index (χ4n) is 11.7. The number of fused-ring (bicyclic) bond motifs is 10. The maximum Gasteiger partial charge on any atom is 0.125 e. The van der Waals surface area contributed by atoms with Gasteiger partial charge < -0.3 is 0 Å². The van der Waals surface area contributed by atoms with Gasteiger partial charge in [-0.05, 0) is 205 Å². The molecule has 12 heteroatoms. The first kappa shape index (κ1) is 114. The van der Waals surface area contributed by atoms with Gasteiger partial charge in [0.15, 0.2) is 0 Å². The van der Waals surface area contributed by atoms with Crippen LogP contribution < -0.4 is 0 Å². The topological polar surface area (TPSA) is 155 Å². The predicted octanol–water partition coefficient (Wildman–Crippen LogP) is 34.5. The highest BCUT2D eigenvalue weighted by molar-refractivity contribution is 5.86. The Morgan fingerprint density at radius 2 is 0.538 bits per heavy atom. The maximum atomic E-state index is 4.38. The van der Waals surface area contributed by atoms with Crippen LogP contribution in [0.3, 0.4) is 0 Å². The molecular formula is C118H148N12. The summed E-state index contributed by atoms with van der Waals surface area (Å²) in [7, 11) is 0. The molecule has 0 amide bonds. The molecule has 0 radical (unpaired) electrons. The van der Waals surface area contributed by atoms with Crippen molar-refractivity contribution in [2.75, 3.05) is 0 Å². The third kappa shape index (κ3) is 41.7. The van der Waals surface area contributed by atoms with Crippen LogP contribution in [0.5, 0.6) is 0 Å². The van der Waals surface area contributed by atoms with E-state index >= 15 is 0 Å². The average molecular weight is 1730 g/mol. The minimum Gasteiger partial charge on any atom is -0.264 e. The SMILES string of the molecule is CC.CC.CC.CC.CC.CC.CC.CC.CC.CC.Cc1cc2ccccc2cn1.Cc1ccc2ccccc2n1.Cc1ccc2cccnc2c1.Cc1ccc2ccncc2c1.Cc1ccc2cnccc2c1.Cc1ccc2ncccc2c1.Cc1cnc2ccccc2c1.Cc1cnc2ccccc2n1.Cc1ncc2ccccc2n1.Cc1nccc2ccccc12. The van der Waals surface area contributed by atoms with Gasteiger partial charge in [0.25, 0.3) is 0 Å². The highest BCUT2D eigenvalue weighted by Crippen LogP contribution is 2.20. The van der Waals surface area contributed by atoms with Crippen molar-refractivity contribution in [2.24, 2.45) is 0 Å². The number of aryl methyl sites for hydroxylation is 10. The summed E-state index contributed by atoms with van der Waals surface area (Å²) < 4.78 is 0. The zero-order chi connectivity index (χ0) is 96.8. The lowest BCUT2D eigenvalue weighted by Crippen LogP contribution is -1.86. The van der Waals surface area contributed by atoms with Crippen molar-refractivity contribution in [3.63, 3.8) is 0 Å². The Kier molecular flexibility index (Phi) is 61.7. The molecule has 130 heavy (non-hydrogen) atoms. The Hall–Kier alpha value is -13.8. The summed E-state index contributed by atoms with van der Waals surface area (Å²) in [5, 5.41) is 15.9. The van der Waals surface area contributed by atoms with Crippen LogP contribution >= 0.6 is 0 Å². The summed E-state index contributed by atoms with van der Waals surface area (Å²) in [6.45, 7) is 60.3. The fraction of sp³-hybridized carbons (Fsp3) is 0.254. The van der Waals surface area contributed by atoms with Gasteiger partial charge in [-0.3, -0.25) is 44.9 Å². The number of aromatic nitrogens is 12. The van der Waals surface area contributed by atoms with Crippen molar-refractivity contribution in [3.8, 4) is 0 Å². The summed E-state index contributed by atoms with van der Waals surface area (Å²) in [5.74, 6) is 0.823. The van der Waals surface area contributed by atoms with E-state index in [9.17, 15) is 0 Å². The molecule has 0 unspecified atom stereocenters. The summed E-state index contributed by atoms with van der Waals surface area (Å²) in [6, 6.07) is 96.4. The molecule has 10 heterocycles. The highest BCUT2D eigenvalue weighted by Gasteiger charge is 2.00. The van der Waals surface area contributed by atoms with Crippen LogP contribution in [0.2, 0.25) is 0 Å². The molecule has 0 atom stereocenters. The van der Waals surface area contributed by atoms with Gasteiger partial charge in [0.05, 0.1) is 44.3 Å². The van der Waals surface area contributed by atoms with Crippen LogP contribution in [0.1, 0.15) is 195 Å².